The molecule has 3 rings (SSSR count). The maximum atomic E-state index is 13.5. The summed E-state index contributed by atoms with van der Waals surface area (Å²) in [6, 6.07) is 16.3. The number of benzene rings is 3. The Morgan fingerprint density at radius 3 is 2.32 bits per heavy atom. The average Bonchev–Trinajstić information content (AvgIpc) is 2.81. The number of carbonyl (C=O) groups is 2. The molecule has 0 aliphatic carbocycles. The second-order valence-electron chi connectivity index (χ2n) is 7.19. The molecule has 0 aliphatic rings. The van der Waals surface area contributed by atoms with Gasteiger partial charge in [0.1, 0.15) is 6.54 Å². The van der Waals surface area contributed by atoms with Gasteiger partial charge in [-0.2, -0.15) is 0 Å². The number of carboxylic acid groups (broad SMARTS) is 1. The Morgan fingerprint density at radius 1 is 1.00 bits per heavy atom. The van der Waals surface area contributed by atoms with Crippen LogP contribution in [-0.2, 0) is 27.9 Å². The maximum absolute atomic E-state index is 13.5. The lowest BCUT2D eigenvalue weighted by molar-refractivity contribution is -0.119. The van der Waals surface area contributed by atoms with E-state index >= 15 is 0 Å². The monoisotopic (exact) mass is 521 g/mol. The van der Waals surface area contributed by atoms with E-state index in [2.05, 4.69) is 5.32 Å². The molecule has 8 nitrogen and oxygen atoms in total. The molecule has 0 bridgehead atoms. The molecule has 4 N–H and O–H groups in total. The Morgan fingerprint density at radius 2 is 1.68 bits per heavy atom. The SMILES string of the molecule is NCc1c(Cl)cccc1N(CC(=O)NCc1cccc(C(=O)O)c1)S(=O)(=O)c1ccc(Cl)cc1. The topological polar surface area (TPSA) is 130 Å². The van der Waals surface area contributed by atoms with Crippen molar-refractivity contribution in [3.8, 4) is 0 Å². The highest BCUT2D eigenvalue weighted by Gasteiger charge is 2.29. The van der Waals surface area contributed by atoms with Crippen LogP contribution in [-0.4, -0.2) is 31.9 Å². The molecule has 178 valence electrons. The van der Waals surface area contributed by atoms with Crippen LogP contribution in [0.4, 0.5) is 5.69 Å². The number of nitrogens with two attached hydrogens (primary N) is 1. The van der Waals surface area contributed by atoms with Crippen LogP contribution in [0.5, 0.6) is 0 Å². The van der Waals surface area contributed by atoms with Gasteiger partial charge in [-0.25, -0.2) is 13.2 Å². The van der Waals surface area contributed by atoms with Crippen molar-refractivity contribution in [3.63, 3.8) is 0 Å². The van der Waals surface area contributed by atoms with E-state index in [9.17, 15) is 18.0 Å². The van der Waals surface area contributed by atoms with Crippen molar-refractivity contribution in [1.29, 1.82) is 0 Å². The van der Waals surface area contributed by atoms with Gasteiger partial charge in [-0.1, -0.05) is 41.4 Å². The van der Waals surface area contributed by atoms with Crippen molar-refractivity contribution in [2.75, 3.05) is 10.8 Å². The van der Waals surface area contributed by atoms with E-state index < -0.39 is 28.4 Å². The third-order valence-corrected chi connectivity index (χ3v) is 7.30. The second-order valence-corrected chi connectivity index (χ2v) is 9.90. The average molecular weight is 522 g/mol. The van der Waals surface area contributed by atoms with Crippen LogP contribution in [0.15, 0.2) is 71.6 Å². The number of amides is 1. The van der Waals surface area contributed by atoms with Crippen molar-refractivity contribution in [2.45, 2.75) is 18.0 Å². The third kappa shape index (κ3) is 5.87. The largest absolute Gasteiger partial charge is 0.478 e. The Kier molecular flexibility index (Phi) is 8.16. The third-order valence-electron chi connectivity index (χ3n) is 4.92. The molecule has 0 saturated heterocycles. The zero-order valence-electron chi connectivity index (χ0n) is 17.7. The van der Waals surface area contributed by atoms with Crippen LogP contribution >= 0.6 is 23.2 Å². The fraction of sp³-hybridized carbons (Fsp3) is 0.130. The highest BCUT2D eigenvalue weighted by Crippen LogP contribution is 2.31. The number of nitrogens with one attached hydrogen (secondary N) is 1. The summed E-state index contributed by atoms with van der Waals surface area (Å²) >= 11 is 12.1. The molecular formula is C23H21Cl2N3O5S. The second kappa shape index (κ2) is 10.9. The molecule has 0 saturated carbocycles. The van der Waals surface area contributed by atoms with Gasteiger partial charge in [-0.05, 0) is 54.1 Å². The van der Waals surface area contributed by atoms with Gasteiger partial charge >= 0.3 is 5.97 Å². The standard InChI is InChI=1S/C23H21Cl2N3O5S/c24-17-7-9-18(10-8-17)34(32,33)28(21-6-2-5-20(25)19(21)12-26)14-22(29)27-13-15-3-1-4-16(11-15)23(30)31/h1-11H,12-14,26H2,(H,27,29)(H,30,31). The lowest BCUT2D eigenvalue weighted by Gasteiger charge is -2.26. The van der Waals surface area contributed by atoms with E-state index in [1.807, 2.05) is 0 Å². The van der Waals surface area contributed by atoms with Crippen molar-refractivity contribution >= 4 is 50.8 Å². The number of sulfonamides is 1. The summed E-state index contributed by atoms with van der Waals surface area (Å²) in [7, 11) is -4.19. The maximum Gasteiger partial charge on any atom is 0.335 e. The summed E-state index contributed by atoms with van der Waals surface area (Å²) in [6.07, 6.45) is 0. The van der Waals surface area contributed by atoms with E-state index in [-0.39, 0.29) is 34.3 Å². The molecule has 0 spiro atoms. The zero-order chi connectivity index (χ0) is 24.9. The first-order chi connectivity index (χ1) is 16.1. The van der Waals surface area contributed by atoms with Gasteiger partial charge in [0.25, 0.3) is 10.0 Å². The molecule has 0 radical (unpaired) electrons. The number of rotatable bonds is 9. The highest BCUT2D eigenvalue weighted by atomic mass is 35.5. The van der Waals surface area contributed by atoms with E-state index in [1.165, 1.54) is 42.5 Å². The molecule has 0 fully saturated rings. The van der Waals surface area contributed by atoms with Gasteiger partial charge in [-0.15, -0.1) is 0 Å². The van der Waals surface area contributed by atoms with Gasteiger partial charge in [0.15, 0.2) is 0 Å². The Labute approximate surface area is 207 Å². The van der Waals surface area contributed by atoms with E-state index in [4.69, 9.17) is 34.0 Å². The van der Waals surface area contributed by atoms with Crippen LogP contribution in [0.3, 0.4) is 0 Å². The quantitative estimate of drug-likeness (QED) is 0.393. The summed E-state index contributed by atoms with van der Waals surface area (Å²) in [5, 5.41) is 12.4. The van der Waals surface area contributed by atoms with Crippen LogP contribution in [0.1, 0.15) is 21.5 Å². The van der Waals surface area contributed by atoms with Crippen molar-refractivity contribution in [2.24, 2.45) is 5.73 Å². The van der Waals surface area contributed by atoms with E-state index in [1.54, 1.807) is 24.3 Å². The van der Waals surface area contributed by atoms with E-state index in [0.717, 1.165) is 4.31 Å². The summed E-state index contributed by atoms with van der Waals surface area (Å²) in [6.45, 7) is -0.601. The Balaban J connectivity index is 1.92. The predicted octanol–water partition coefficient (Wildman–Crippen LogP) is 3.66. The summed E-state index contributed by atoms with van der Waals surface area (Å²) in [5.74, 6) is -1.70. The molecular weight excluding hydrogens is 501 g/mol. The number of aromatic carboxylic acids is 1. The number of halogens is 2. The number of hydrogen-bond acceptors (Lipinski definition) is 5. The van der Waals surface area contributed by atoms with Crippen molar-refractivity contribution in [3.05, 3.63) is 93.5 Å². The zero-order valence-corrected chi connectivity index (χ0v) is 20.1. The van der Waals surface area contributed by atoms with Gasteiger partial charge < -0.3 is 16.2 Å². The van der Waals surface area contributed by atoms with Gasteiger partial charge in [0.2, 0.25) is 5.91 Å². The van der Waals surface area contributed by atoms with Crippen LogP contribution in [0.2, 0.25) is 10.0 Å². The summed E-state index contributed by atoms with van der Waals surface area (Å²) in [4.78, 5) is 23.9. The van der Waals surface area contributed by atoms with Gasteiger partial charge in [0, 0.05) is 28.7 Å². The Bertz CT molecular complexity index is 1310. The lowest BCUT2D eigenvalue weighted by atomic mass is 10.1. The number of carboxylic acids is 1. The fourth-order valence-corrected chi connectivity index (χ4v) is 5.04. The minimum Gasteiger partial charge on any atom is -0.478 e. The van der Waals surface area contributed by atoms with Gasteiger partial charge in [0.05, 0.1) is 16.1 Å². The molecule has 1 amide bonds. The Hall–Kier alpha value is -3.11. The molecule has 0 aromatic heterocycles. The lowest BCUT2D eigenvalue weighted by Crippen LogP contribution is -2.41. The van der Waals surface area contributed by atoms with Crippen molar-refractivity contribution in [1.82, 2.24) is 5.32 Å². The molecule has 3 aromatic rings. The fourth-order valence-electron chi connectivity index (χ4n) is 3.22. The van der Waals surface area contributed by atoms with Crippen LogP contribution < -0.4 is 15.4 Å². The first kappa shape index (κ1) is 25.5. The van der Waals surface area contributed by atoms with E-state index in [0.29, 0.717) is 16.1 Å². The molecule has 11 heteroatoms. The molecule has 0 atom stereocenters. The first-order valence-corrected chi connectivity index (χ1v) is 12.2. The number of carbonyl (C=O) groups excluding carboxylic acids is 1. The first-order valence-electron chi connectivity index (χ1n) is 9.98. The normalized spacial score (nSPS) is 11.1. The predicted molar refractivity (Wildman–Crippen MR) is 131 cm³/mol. The number of anilines is 1. The van der Waals surface area contributed by atoms with Crippen LogP contribution in [0.25, 0.3) is 0 Å². The molecule has 3 aromatic carbocycles. The van der Waals surface area contributed by atoms with Crippen LogP contribution in [0, 0.1) is 0 Å². The summed E-state index contributed by atoms with van der Waals surface area (Å²) < 4.78 is 28.0. The smallest absolute Gasteiger partial charge is 0.335 e. The molecule has 0 unspecified atom stereocenters. The van der Waals surface area contributed by atoms with Gasteiger partial charge in [-0.3, -0.25) is 9.10 Å². The van der Waals surface area contributed by atoms with Crippen molar-refractivity contribution < 1.29 is 23.1 Å². The highest BCUT2D eigenvalue weighted by molar-refractivity contribution is 7.92. The molecule has 0 aliphatic heterocycles. The molecule has 34 heavy (non-hydrogen) atoms. The minimum atomic E-state index is -4.19. The number of hydrogen-bond donors (Lipinski definition) is 3. The molecule has 0 heterocycles. The summed E-state index contributed by atoms with van der Waals surface area (Å²) in [5.41, 5.74) is 6.98. The minimum absolute atomic E-state index is 0.00801. The number of nitrogens with zero attached hydrogens (tertiary/aromatic N) is 1.